The number of thiol groups is 1. The highest BCUT2D eigenvalue weighted by Crippen LogP contribution is 2.14. The van der Waals surface area contributed by atoms with Crippen LogP contribution in [0, 0.1) is 6.92 Å². The zero-order chi connectivity index (χ0) is 20.7. The molecule has 2 aromatic carbocycles. The number of aliphatic hydroxyl groups is 2. The Morgan fingerprint density at radius 2 is 1.85 bits per heavy atom. The van der Waals surface area contributed by atoms with E-state index in [0.29, 0.717) is 6.08 Å². The van der Waals surface area contributed by atoms with Gasteiger partial charge in [0.1, 0.15) is 5.75 Å². The van der Waals surface area contributed by atoms with Gasteiger partial charge in [0, 0.05) is 17.5 Å². The quantitative estimate of drug-likeness (QED) is 0.304. The molecule has 2 rings (SSSR count). The number of nitrogens with one attached hydrogen (secondary N) is 1. The van der Waals surface area contributed by atoms with Gasteiger partial charge in [0.25, 0.3) is 0 Å². The highest BCUT2D eigenvalue weighted by molar-refractivity contribution is 7.80. The van der Waals surface area contributed by atoms with Crippen LogP contribution in [0.4, 0.5) is 0 Å². The van der Waals surface area contributed by atoms with Crippen LogP contribution in [0.3, 0.4) is 0 Å². The number of aliphatic carboxylic acids is 1. The first-order valence-corrected chi connectivity index (χ1v) is 8.54. The Balaban J connectivity index is 0.000000384. The number of carboxylic acid groups (broad SMARTS) is 1. The third-order valence-electron chi connectivity index (χ3n) is 2.99. The van der Waals surface area contributed by atoms with Crippen molar-refractivity contribution in [2.24, 2.45) is 0 Å². The largest absolute Gasteiger partial charge is 0.497 e. The highest BCUT2D eigenvalue weighted by atomic mass is 32.1. The minimum Gasteiger partial charge on any atom is -0.497 e. The first kappa shape index (κ1) is 24.7. The van der Waals surface area contributed by atoms with Gasteiger partial charge in [-0.25, -0.2) is 4.79 Å². The third kappa shape index (κ3) is 13.5. The topological polar surface area (TPSA) is 99.0 Å². The average molecular weight is 394 g/mol. The van der Waals surface area contributed by atoms with Crippen molar-refractivity contribution < 1.29 is 24.9 Å². The number of carboxylic acids is 1. The van der Waals surface area contributed by atoms with Crippen molar-refractivity contribution >= 4 is 18.6 Å². The maximum atomic E-state index is 9.59. The number of hydrogen-bond acceptors (Lipinski definition) is 6. The van der Waals surface area contributed by atoms with Gasteiger partial charge in [-0.15, -0.1) is 12.6 Å². The second kappa shape index (κ2) is 14.8. The molecule has 148 valence electrons. The Morgan fingerprint density at radius 3 is 2.26 bits per heavy atom. The monoisotopic (exact) mass is 393 g/mol. The second-order valence-electron chi connectivity index (χ2n) is 5.29. The Morgan fingerprint density at radius 1 is 1.22 bits per heavy atom. The van der Waals surface area contributed by atoms with E-state index < -0.39 is 12.3 Å². The average Bonchev–Trinajstić information content (AvgIpc) is 2.65. The van der Waals surface area contributed by atoms with E-state index in [2.05, 4.69) is 37.0 Å². The molecule has 0 atom stereocenters. The van der Waals surface area contributed by atoms with E-state index in [1.54, 1.807) is 7.11 Å². The molecule has 0 heterocycles. The summed E-state index contributed by atoms with van der Waals surface area (Å²) in [5.74, 6) is -0.286. The normalized spacial score (nSPS) is 9.89. The van der Waals surface area contributed by atoms with Crippen LogP contribution in [0.15, 0.2) is 65.6 Å². The molecule has 0 unspecified atom stereocenters. The molecule has 0 spiro atoms. The van der Waals surface area contributed by atoms with Gasteiger partial charge >= 0.3 is 5.97 Å². The number of aliphatic hydroxyl groups excluding tert-OH is 1. The van der Waals surface area contributed by atoms with Crippen molar-refractivity contribution in [3.8, 4) is 5.75 Å². The first-order valence-electron chi connectivity index (χ1n) is 8.09. The summed E-state index contributed by atoms with van der Waals surface area (Å²) < 4.78 is 4.91. The van der Waals surface area contributed by atoms with Gasteiger partial charge in [0.2, 0.25) is 0 Å². The summed E-state index contributed by atoms with van der Waals surface area (Å²) in [6.07, 6.45) is -0.265. The molecule has 0 saturated carbocycles. The predicted molar refractivity (Wildman–Crippen MR) is 109 cm³/mol. The Hall–Kier alpha value is -2.32. The van der Waals surface area contributed by atoms with Gasteiger partial charge in [-0.05, 0) is 43.8 Å². The molecule has 2 aromatic rings. The molecule has 27 heavy (non-hydrogen) atoms. The van der Waals surface area contributed by atoms with Crippen LogP contribution in [0.1, 0.15) is 11.1 Å². The van der Waals surface area contributed by atoms with Crippen LogP contribution in [0.25, 0.3) is 0 Å². The van der Waals surface area contributed by atoms with Crippen LogP contribution in [-0.4, -0.2) is 41.7 Å². The van der Waals surface area contributed by atoms with E-state index in [9.17, 15) is 4.79 Å². The molecule has 0 aliphatic carbocycles. The van der Waals surface area contributed by atoms with Crippen molar-refractivity contribution in [3.05, 3.63) is 71.8 Å². The summed E-state index contributed by atoms with van der Waals surface area (Å²) in [6, 6.07) is 15.9. The lowest BCUT2D eigenvalue weighted by Gasteiger charge is -2.04. The maximum Gasteiger partial charge on any atom is 0.328 e. The van der Waals surface area contributed by atoms with Crippen molar-refractivity contribution in [2.75, 3.05) is 14.2 Å². The number of aryl methyl sites for hydroxylation is 1. The Kier molecular flexibility index (Phi) is 13.5. The van der Waals surface area contributed by atoms with Gasteiger partial charge in [0.15, 0.2) is 6.29 Å². The fraction of sp³-hybridized carbons (Fsp3) is 0.250. The number of para-hydroxylation sites is 1. The van der Waals surface area contributed by atoms with Gasteiger partial charge in [-0.3, -0.25) is 0 Å². The van der Waals surface area contributed by atoms with Gasteiger partial charge in [-0.2, -0.15) is 0 Å². The van der Waals surface area contributed by atoms with Crippen LogP contribution in [0.5, 0.6) is 5.75 Å². The summed E-state index contributed by atoms with van der Waals surface area (Å²) in [4.78, 5) is 10.7. The van der Waals surface area contributed by atoms with Crippen LogP contribution >= 0.6 is 12.6 Å². The van der Waals surface area contributed by atoms with E-state index in [1.165, 1.54) is 11.1 Å². The van der Waals surface area contributed by atoms with Gasteiger partial charge < -0.3 is 25.4 Å². The SMILES string of the molecule is CNCc1cc(C)ccc1S.COc1ccccc1.O=C(O)/C=C\C(O)O. The molecule has 0 aromatic heterocycles. The summed E-state index contributed by atoms with van der Waals surface area (Å²) in [5.41, 5.74) is 2.55. The van der Waals surface area contributed by atoms with Crippen LogP contribution < -0.4 is 10.1 Å². The van der Waals surface area contributed by atoms with Gasteiger partial charge in [-0.1, -0.05) is 35.9 Å². The molecule has 4 N–H and O–H groups in total. The molecule has 6 nitrogen and oxygen atoms in total. The molecule has 0 aliphatic rings. The molecule has 0 fully saturated rings. The summed E-state index contributed by atoms with van der Waals surface area (Å²) >= 11 is 4.34. The standard InChI is InChI=1S/C9H13NS.C7H8O.C4H6O4/c1-7-3-4-9(11)8(5-7)6-10-2;1-8-7-5-3-2-4-6-7;5-3(6)1-2-4(7)8/h3-5,10-11H,6H2,1-2H3;2-6H,1H3;1-3,5-6H,(H,7,8)/b;;2-1-. The number of methoxy groups -OCH3 is 1. The molecule has 0 saturated heterocycles. The lowest BCUT2D eigenvalue weighted by Crippen LogP contribution is -2.05. The molecular weight excluding hydrogens is 366 g/mol. The zero-order valence-electron chi connectivity index (χ0n) is 15.7. The Bertz CT molecular complexity index is 690. The summed E-state index contributed by atoms with van der Waals surface area (Å²) in [5, 5.41) is 27.0. The Labute approximate surface area is 165 Å². The molecule has 0 radical (unpaired) electrons. The molecule has 0 aliphatic heterocycles. The molecular formula is C20H27NO5S. The van der Waals surface area contributed by atoms with Crippen molar-refractivity contribution in [3.63, 3.8) is 0 Å². The van der Waals surface area contributed by atoms with Crippen LogP contribution in [-0.2, 0) is 11.3 Å². The number of ether oxygens (including phenoxy) is 1. The third-order valence-corrected chi connectivity index (χ3v) is 3.43. The lowest BCUT2D eigenvalue weighted by molar-refractivity contribution is -0.131. The number of carbonyl (C=O) groups is 1. The fourth-order valence-corrected chi connectivity index (χ4v) is 1.99. The number of hydrogen-bond donors (Lipinski definition) is 5. The van der Waals surface area contributed by atoms with E-state index >= 15 is 0 Å². The van der Waals surface area contributed by atoms with Crippen molar-refractivity contribution in [1.29, 1.82) is 0 Å². The van der Waals surface area contributed by atoms with Crippen molar-refractivity contribution in [2.45, 2.75) is 24.7 Å². The first-order chi connectivity index (χ1) is 12.8. The summed E-state index contributed by atoms with van der Waals surface area (Å²) in [7, 11) is 3.60. The van der Waals surface area contributed by atoms with Gasteiger partial charge in [0.05, 0.1) is 7.11 Å². The highest BCUT2D eigenvalue weighted by Gasteiger charge is 1.96. The minimum atomic E-state index is -1.67. The zero-order valence-corrected chi connectivity index (χ0v) is 16.6. The van der Waals surface area contributed by atoms with Crippen LogP contribution in [0.2, 0.25) is 0 Å². The molecule has 7 heteroatoms. The number of rotatable bonds is 5. The number of benzene rings is 2. The second-order valence-corrected chi connectivity index (χ2v) is 5.77. The predicted octanol–water partition coefficient (Wildman–Crippen LogP) is 2.64. The van der Waals surface area contributed by atoms with Crippen molar-refractivity contribution in [1.82, 2.24) is 5.32 Å². The fourth-order valence-electron chi connectivity index (χ4n) is 1.77. The van der Waals surface area contributed by atoms with E-state index in [1.807, 2.05) is 43.4 Å². The minimum absolute atomic E-state index is 0.657. The summed E-state index contributed by atoms with van der Waals surface area (Å²) in [6.45, 7) is 2.98. The van der Waals surface area contributed by atoms with E-state index in [0.717, 1.165) is 23.3 Å². The molecule has 0 bridgehead atoms. The van der Waals surface area contributed by atoms with E-state index in [-0.39, 0.29) is 0 Å². The van der Waals surface area contributed by atoms with E-state index in [4.69, 9.17) is 20.1 Å². The maximum absolute atomic E-state index is 9.59. The molecule has 0 amide bonds. The smallest absolute Gasteiger partial charge is 0.328 e. The lowest BCUT2D eigenvalue weighted by atomic mass is 10.1.